The maximum atomic E-state index is 12.6. The highest BCUT2D eigenvalue weighted by Gasteiger charge is 2.31. The molecule has 1 aliphatic carbocycles. The number of fused-ring (bicyclic) bond motifs is 3. The molecule has 1 atom stereocenters. The van der Waals surface area contributed by atoms with Gasteiger partial charge in [0.05, 0.1) is 12.7 Å². The van der Waals surface area contributed by atoms with Crippen molar-refractivity contribution in [3.63, 3.8) is 0 Å². The van der Waals surface area contributed by atoms with Gasteiger partial charge in [-0.2, -0.15) is 0 Å². The Morgan fingerprint density at radius 3 is 2.95 bits per heavy atom. The van der Waals surface area contributed by atoms with Crippen LogP contribution in [-0.4, -0.2) is 13.0 Å². The lowest BCUT2D eigenvalue weighted by atomic mass is 9.94. The Morgan fingerprint density at radius 1 is 1.23 bits per heavy atom. The average molecular weight is 314 g/mol. The number of aryl methyl sites for hydroxylation is 1. The highest BCUT2D eigenvalue weighted by molar-refractivity contribution is 7.16. The number of hydrogen-bond acceptors (Lipinski definition) is 4. The standard InChI is InChI=1S/C17H18N2O2S/c1-21-11-6-4-5-10(9-11)15-18-16(20)14-12-7-2-3-8-13(12)22-17(14)19-15/h4-6,9,15,19H,2-3,7-8H2,1H3,(H,18,20)/t15-/m0/s1. The molecule has 0 saturated heterocycles. The number of benzene rings is 1. The zero-order chi connectivity index (χ0) is 15.1. The van der Waals surface area contributed by atoms with Crippen LogP contribution in [0.15, 0.2) is 24.3 Å². The summed E-state index contributed by atoms with van der Waals surface area (Å²) in [6.45, 7) is 0. The third-order valence-electron chi connectivity index (χ3n) is 4.38. The maximum Gasteiger partial charge on any atom is 0.256 e. The highest BCUT2D eigenvalue weighted by atomic mass is 32.1. The number of methoxy groups -OCH3 is 1. The van der Waals surface area contributed by atoms with Crippen LogP contribution in [0.5, 0.6) is 5.75 Å². The van der Waals surface area contributed by atoms with E-state index in [9.17, 15) is 4.79 Å². The molecule has 0 spiro atoms. The van der Waals surface area contributed by atoms with E-state index in [2.05, 4.69) is 10.6 Å². The van der Waals surface area contributed by atoms with Crippen LogP contribution in [-0.2, 0) is 12.8 Å². The Bertz CT molecular complexity index is 738. The van der Waals surface area contributed by atoms with E-state index in [0.717, 1.165) is 34.7 Å². The van der Waals surface area contributed by atoms with Crippen molar-refractivity contribution in [3.8, 4) is 5.75 Å². The smallest absolute Gasteiger partial charge is 0.256 e. The van der Waals surface area contributed by atoms with Crippen molar-refractivity contribution < 1.29 is 9.53 Å². The van der Waals surface area contributed by atoms with Gasteiger partial charge in [-0.3, -0.25) is 4.79 Å². The van der Waals surface area contributed by atoms with Gasteiger partial charge in [-0.05, 0) is 48.9 Å². The lowest BCUT2D eigenvalue weighted by Crippen LogP contribution is -2.38. The number of thiophene rings is 1. The van der Waals surface area contributed by atoms with E-state index in [1.54, 1.807) is 18.4 Å². The van der Waals surface area contributed by atoms with Gasteiger partial charge in [0, 0.05) is 4.88 Å². The fourth-order valence-electron chi connectivity index (χ4n) is 3.27. The van der Waals surface area contributed by atoms with Crippen molar-refractivity contribution in [2.45, 2.75) is 31.8 Å². The van der Waals surface area contributed by atoms with Gasteiger partial charge >= 0.3 is 0 Å². The molecule has 5 heteroatoms. The van der Waals surface area contributed by atoms with Gasteiger partial charge in [0.15, 0.2) is 0 Å². The Balaban J connectivity index is 1.69. The third-order valence-corrected chi connectivity index (χ3v) is 5.60. The highest BCUT2D eigenvalue weighted by Crippen LogP contribution is 2.41. The molecule has 4 nitrogen and oxygen atoms in total. The van der Waals surface area contributed by atoms with Crippen molar-refractivity contribution in [2.24, 2.45) is 0 Å². The molecule has 1 amide bonds. The lowest BCUT2D eigenvalue weighted by molar-refractivity contribution is 0.0935. The zero-order valence-corrected chi connectivity index (χ0v) is 13.3. The fraction of sp³-hybridized carbons (Fsp3) is 0.353. The summed E-state index contributed by atoms with van der Waals surface area (Å²) in [4.78, 5) is 14.0. The summed E-state index contributed by atoms with van der Waals surface area (Å²) in [5, 5.41) is 7.58. The predicted octanol–water partition coefficient (Wildman–Crippen LogP) is 3.49. The van der Waals surface area contributed by atoms with E-state index >= 15 is 0 Å². The first kappa shape index (κ1) is 13.6. The van der Waals surface area contributed by atoms with Gasteiger partial charge in [0.25, 0.3) is 5.91 Å². The molecule has 0 fully saturated rings. The van der Waals surface area contributed by atoms with Gasteiger partial charge < -0.3 is 15.4 Å². The van der Waals surface area contributed by atoms with Crippen LogP contribution in [0.4, 0.5) is 5.00 Å². The van der Waals surface area contributed by atoms with Crippen LogP contribution in [0.1, 0.15) is 45.4 Å². The molecular formula is C17H18N2O2S. The van der Waals surface area contributed by atoms with E-state index in [1.165, 1.54) is 23.3 Å². The minimum atomic E-state index is -0.199. The van der Waals surface area contributed by atoms with Gasteiger partial charge in [-0.1, -0.05) is 12.1 Å². The molecule has 1 aromatic heterocycles. The zero-order valence-electron chi connectivity index (χ0n) is 12.4. The summed E-state index contributed by atoms with van der Waals surface area (Å²) in [6.07, 6.45) is 4.34. The number of anilines is 1. The number of carbonyl (C=O) groups is 1. The average Bonchev–Trinajstić information content (AvgIpc) is 2.93. The molecule has 1 aromatic carbocycles. The molecule has 0 bridgehead atoms. The number of rotatable bonds is 2. The molecular weight excluding hydrogens is 296 g/mol. The second-order valence-electron chi connectivity index (χ2n) is 5.74. The van der Waals surface area contributed by atoms with Crippen molar-refractivity contribution in [2.75, 3.05) is 12.4 Å². The minimum Gasteiger partial charge on any atom is -0.497 e. The first-order valence-electron chi connectivity index (χ1n) is 7.62. The third kappa shape index (κ3) is 2.16. The van der Waals surface area contributed by atoms with Crippen LogP contribution in [0.2, 0.25) is 0 Å². The van der Waals surface area contributed by atoms with Gasteiger partial charge in [-0.15, -0.1) is 11.3 Å². The summed E-state index contributed by atoms with van der Waals surface area (Å²) >= 11 is 1.75. The quantitative estimate of drug-likeness (QED) is 0.892. The number of nitrogens with one attached hydrogen (secondary N) is 2. The molecule has 2 aromatic rings. The lowest BCUT2D eigenvalue weighted by Gasteiger charge is -2.27. The predicted molar refractivity (Wildman–Crippen MR) is 87.8 cm³/mol. The SMILES string of the molecule is COc1cccc([C@H]2NC(=O)c3c(sc4c3CCCC4)N2)c1. The topological polar surface area (TPSA) is 50.4 Å². The van der Waals surface area contributed by atoms with E-state index in [0.29, 0.717) is 0 Å². The van der Waals surface area contributed by atoms with Gasteiger partial charge in [0.1, 0.15) is 16.9 Å². The molecule has 22 heavy (non-hydrogen) atoms. The van der Waals surface area contributed by atoms with Crippen LogP contribution in [0, 0.1) is 0 Å². The number of amides is 1. The molecule has 2 aliphatic rings. The Morgan fingerprint density at radius 2 is 2.09 bits per heavy atom. The van der Waals surface area contributed by atoms with Crippen LogP contribution in [0.25, 0.3) is 0 Å². The Labute approximate surface area is 133 Å². The molecule has 2 N–H and O–H groups in total. The second kappa shape index (κ2) is 5.32. The number of hydrogen-bond donors (Lipinski definition) is 2. The van der Waals surface area contributed by atoms with E-state index in [-0.39, 0.29) is 12.1 Å². The number of carbonyl (C=O) groups excluding carboxylic acids is 1. The minimum absolute atomic E-state index is 0.0426. The van der Waals surface area contributed by atoms with Gasteiger partial charge in [-0.25, -0.2) is 0 Å². The monoisotopic (exact) mass is 314 g/mol. The second-order valence-corrected chi connectivity index (χ2v) is 6.85. The van der Waals surface area contributed by atoms with E-state index < -0.39 is 0 Å². The molecule has 4 rings (SSSR count). The number of ether oxygens (including phenoxy) is 1. The summed E-state index contributed by atoms with van der Waals surface area (Å²) in [5.41, 5.74) is 3.14. The fourth-order valence-corrected chi connectivity index (χ4v) is 4.58. The summed E-state index contributed by atoms with van der Waals surface area (Å²) in [7, 11) is 1.65. The van der Waals surface area contributed by atoms with Crippen molar-refractivity contribution in [1.29, 1.82) is 0 Å². The molecule has 1 aliphatic heterocycles. The normalized spacial score (nSPS) is 19.7. The summed E-state index contributed by atoms with van der Waals surface area (Å²) < 4.78 is 5.27. The van der Waals surface area contributed by atoms with E-state index in [4.69, 9.17) is 4.74 Å². The largest absolute Gasteiger partial charge is 0.497 e. The summed E-state index contributed by atoms with van der Waals surface area (Å²) in [5.74, 6) is 0.839. The molecule has 2 heterocycles. The van der Waals surface area contributed by atoms with Crippen LogP contribution >= 0.6 is 11.3 Å². The molecule has 0 saturated carbocycles. The first-order valence-corrected chi connectivity index (χ1v) is 8.44. The van der Waals surface area contributed by atoms with Crippen molar-refractivity contribution >= 4 is 22.2 Å². The van der Waals surface area contributed by atoms with Crippen LogP contribution in [0.3, 0.4) is 0 Å². The van der Waals surface area contributed by atoms with Gasteiger partial charge in [0.2, 0.25) is 0 Å². The van der Waals surface area contributed by atoms with Crippen LogP contribution < -0.4 is 15.4 Å². The first-order chi connectivity index (χ1) is 10.8. The van der Waals surface area contributed by atoms with Crippen molar-refractivity contribution in [1.82, 2.24) is 5.32 Å². The molecule has 0 radical (unpaired) electrons. The van der Waals surface area contributed by atoms with E-state index in [1.807, 2.05) is 24.3 Å². The molecule has 0 unspecified atom stereocenters. The Kier molecular flexibility index (Phi) is 3.30. The maximum absolute atomic E-state index is 12.6. The van der Waals surface area contributed by atoms with Crippen molar-refractivity contribution in [3.05, 3.63) is 45.8 Å². The summed E-state index contributed by atoms with van der Waals surface area (Å²) in [6, 6.07) is 7.80. The molecule has 114 valence electrons. The Hall–Kier alpha value is -2.01.